The first kappa shape index (κ1) is 29.3. The first-order valence-corrected chi connectivity index (χ1v) is 15.6. The van der Waals surface area contributed by atoms with E-state index in [1.807, 2.05) is 18.2 Å². The number of amides is 4. The van der Waals surface area contributed by atoms with Gasteiger partial charge < -0.3 is 5.11 Å². The molecule has 4 aliphatic rings. The van der Waals surface area contributed by atoms with Crippen LogP contribution < -0.4 is 5.43 Å². The second kappa shape index (κ2) is 10.5. The van der Waals surface area contributed by atoms with Gasteiger partial charge in [0.15, 0.2) is 0 Å². The lowest BCUT2D eigenvalue weighted by molar-refractivity contribution is -0.173. The molecule has 0 unspecified atom stereocenters. The molecule has 2 aliphatic carbocycles. The Hall–Kier alpha value is -5.06. The van der Waals surface area contributed by atoms with Crippen LogP contribution in [0.15, 0.2) is 96.6 Å². The number of benzene rings is 4. The Labute approximate surface area is 272 Å². The van der Waals surface area contributed by atoms with Crippen LogP contribution in [0.3, 0.4) is 0 Å². The highest BCUT2D eigenvalue weighted by Crippen LogP contribution is 2.64. The number of hydrazine groups is 1. The van der Waals surface area contributed by atoms with Crippen LogP contribution in [0.5, 0.6) is 5.75 Å². The number of fused-ring (bicyclic) bond motifs is 5. The minimum absolute atomic E-state index is 0.0346. The molecule has 2 saturated heterocycles. The number of nitrogens with one attached hydrogen (secondary N) is 1. The summed E-state index contributed by atoms with van der Waals surface area (Å²) >= 11 is 6.33. The van der Waals surface area contributed by atoms with Crippen LogP contribution in [0.1, 0.15) is 29.9 Å². The number of nitrogens with zero attached hydrogens (tertiary/aromatic N) is 2. The molecule has 4 amide bonds. The van der Waals surface area contributed by atoms with Crippen molar-refractivity contribution in [1.29, 1.82) is 0 Å². The van der Waals surface area contributed by atoms with E-state index < -0.39 is 64.5 Å². The normalized spacial score (nSPS) is 28.3. The van der Waals surface area contributed by atoms with Crippen molar-refractivity contribution in [3.8, 4) is 5.75 Å². The molecule has 0 aromatic heterocycles. The van der Waals surface area contributed by atoms with Crippen LogP contribution in [0.4, 0.5) is 10.1 Å². The highest BCUT2D eigenvalue weighted by Gasteiger charge is 2.70. The van der Waals surface area contributed by atoms with E-state index in [9.17, 15) is 29.1 Å². The molecule has 2 heterocycles. The number of phenolic OH excluding ortho intramolecular Hbond substituents is 1. The van der Waals surface area contributed by atoms with Crippen LogP contribution in [-0.2, 0) is 24.6 Å². The highest BCUT2D eigenvalue weighted by atomic mass is 35.5. The molecular formula is C36H27ClFN3O6. The molecule has 4 aromatic carbocycles. The Morgan fingerprint density at radius 3 is 2.26 bits per heavy atom. The molecule has 0 bridgehead atoms. The van der Waals surface area contributed by atoms with Crippen molar-refractivity contribution in [2.75, 3.05) is 5.43 Å². The summed E-state index contributed by atoms with van der Waals surface area (Å²) in [7, 11) is 0. The van der Waals surface area contributed by atoms with E-state index >= 15 is 4.79 Å². The van der Waals surface area contributed by atoms with Gasteiger partial charge in [-0.1, -0.05) is 65.7 Å². The summed E-state index contributed by atoms with van der Waals surface area (Å²) in [5.41, 5.74) is 3.54. The summed E-state index contributed by atoms with van der Waals surface area (Å²) < 4.78 is 13.8. The molecule has 47 heavy (non-hydrogen) atoms. The second-order valence-electron chi connectivity index (χ2n) is 12.6. The number of hydrogen-bond donors (Lipinski definition) is 3. The molecule has 0 radical (unpaired) electrons. The SMILES string of the molecule is O=C1[C@H]2[C@H](CC=C3[C@H]2C[C@H]2C(=O)N(Nc4ccc(F)cc4)C(=O)[C@@]2(c2ccc(Cl)cc2)[C@H]3c2ccc(O)c3ccccc23)C(=O)N1O. The summed E-state index contributed by atoms with van der Waals surface area (Å²) in [6.45, 7) is 0. The lowest BCUT2D eigenvalue weighted by Gasteiger charge is -2.50. The standard InChI is InChI=1S/C36H27ClFN3O6/c37-19-7-5-18(6-8-19)36-28(33(44)40(35(36)46)39-21-11-9-20(38)10-12-21)17-27-25(13-14-26-30(27)34(45)41(47)32(26)43)31(36)24-15-16-29(42)23-4-2-1-3-22(23)24/h1-13,15-16,26-28,30-31,39,42,47H,14,17H2/t26-,27+,28-,30-,31-,36+/m0/s1. The zero-order valence-corrected chi connectivity index (χ0v) is 25.4. The number of aromatic hydroxyl groups is 1. The predicted octanol–water partition coefficient (Wildman–Crippen LogP) is 5.71. The van der Waals surface area contributed by atoms with Gasteiger partial charge in [0.1, 0.15) is 11.6 Å². The fourth-order valence-electron chi connectivity index (χ4n) is 8.54. The maximum Gasteiger partial charge on any atom is 0.260 e. The van der Waals surface area contributed by atoms with E-state index in [2.05, 4.69) is 5.43 Å². The van der Waals surface area contributed by atoms with Gasteiger partial charge in [0.25, 0.3) is 23.6 Å². The smallest absolute Gasteiger partial charge is 0.260 e. The van der Waals surface area contributed by atoms with Gasteiger partial charge in [-0.15, -0.1) is 0 Å². The van der Waals surface area contributed by atoms with E-state index in [4.69, 9.17) is 11.6 Å². The minimum Gasteiger partial charge on any atom is -0.507 e. The molecule has 1 saturated carbocycles. The van der Waals surface area contributed by atoms with Crippen molar-refractivity contribution in [1.82, 2.24) is 10.1 Å². The number of halogens is 2. The zero-order valence-electron chi connectivity index (χ0n) is 24.6. The lowest BCUT2D eigenvalue weighted by Crippen LogP contribution is -2.53. The van der Waals surface area contributed by atoms with Gasteiger partial charge in [-0.3, -0.25) is 29.8 Å². The van der Waals surface area contributed by atoms with Crippen molar-refractivity contribution < 1.29 is 33.9 Å². The molecule has 9 nitrogen and oxygen atoms in total. The van der Waals surface area contributed by atoms with Gasteiger partial charge in [0.05, 0.1) is 28.9 Å². The molecule has 0 spiro atoms. The first-order valence-electron chi connectivity index (χ1n) is 15.3. The van der Waals surface area contributed by atoms with E-state index in [0.29, 0.717) is 38.2 Å². The van der Waals surface area contributed by atoms with Crippen LogP contribution in [0, 0.1) is 29.5 Å². The summed E-state index contributed by atoms with van der Waals surface area (Å²) in [4.78, 5) is 56.2. The van der Waals surface area contributed by atoms with Gasteiger partial charge in [-0.25, -0.2) is 4.39 Å². The maximum absolute atomic E-state index is 15.2. The van der Waals surface area contributed by atoms with Crippen molar-refractivity contribution in [2.45, 2.75) is 24.2 Å². The average molecular weight is 652 g/mol. The lowest BCUT2D eigenvalue weighted by atomic mass is 9.49. The van der Waals surface area contributed by atoms with Crippen molar-refractivity contribution >= 4 is 51.7 Å². The molecule has 6 atom stereocenters. The van der Waals surface area contributed by atoms with Crippen molar-refractivity contribution in [2.24, 2.45) is 23.7 Å². The van der Waals surface area contributed by atoms with Crippen molar-refractivity contribution in [3.63, 3.8) is 0 Å². The van der Waals surface area contributed by atoms with Crippen LogP contribution in [0.25, 0.3) is 10.8 Å². The van der Waals surface area contributed by atoms with Gasteiger partial charge in [0, 0.05) is 16.3 Å². The van der Waals surface area contributed by atoms with Gasteiger partial charge in [-0.2, -0.15) is 10.1 Å². The molecule has 8 rings (SSSR count). The Morgan fingerprint density at radius 2 is 1.53 bits per heavy atom. The fourth-order valence-corrected chi connectivity index (χ4v) is 8.67. The molecular weight excluding hydrogens is 625 g/mol. The Balaban J connectivity index is 1.41. The minimum atomic E-state index is -1.56. The maximum atomic E-state index is 15.2. The van der Waals surface area contributed by atoms with E-state index in [-0.39, 0.29) is 23.7 Å². The fraction of sp³-hybridized carbons (Fsp3) is 0.222. The molecule has 3 N–H and O–H groups in total. The zero-order chi connectivity index (χ0) is 32.8. The van der Waals surface area contributed by atoms with E-state index in [1.54, 1.807) is 48.5 Å². The van der Waals surface area contributed by atoms with E-state index in [0.717, 1.165) is 5.01 Å². The number of carbonyl (C=O) groups is 4. The second-order valence-corrected chi connectivity index (χ2v) is 13.0. The first-order chi connectivity index (χ1) is 22.6. The average Bonchev–Trinajstić information content (AvgIpc) is 3.43. The molecule has 2 aliphatic heterocycles. The van der Waals surface area contributed by atoms with Gasteiger partial charge >= 0.3 is 0 Å². The van der Waals surface area contributed by atoms with Crippen LogP contribution >= 0.6 is 11.6 Å². The number of phenols is 1. The Bertz CT molecular complexity index is 2050. The third-order valence-electron chi connectivity index (χ3n) is 10.5. The number of hydroxylamine groups is 2. The van der Waals surface area contributed by atoms with Crippen LogP contribution in [0.2, 0.25) is 5.02 Å². The summed E-state index contributed by atoms with van der Waals surface area (Å²) in [6.07, 6.45) is 2.08. The molecule has 11 heteroatoms. The van der Waals surface area contributed by atoms with Crippen molar-refractivity contribution in [3.05, 3.63) is 119 Å². The van der Waals surface area contributed by atoms with Crippen LogP contribution in [-0.4, -0.2) is 44.0 Å². The van der Waals surface area contributed by atoms with Gasteiger partial charge in [0.2, 0.25) is 0 Å². The Kier molecular flexibility index (Phi) is 6.54. The molecule has 3 fully saturated rings. The third kappa shape index (κ3) is 4.04. The quantitative estimate of drug-likeness (QED) is 0.147. The predicted molar refractivity (Wildman–Crippen MR) is 168 cm³/mol. The summed E-state index contributed by atoms with van der Waals surface area (Å²) in [5, 5.41) is 24.0. The summed E-state index contributed by atoms with van der Waals surface area (Å²) in [6, 6.07) is 22.5. The topological polar surface area (TPSA) is 127 Å². The number of carbonyl (C=O) groups excluding carboxylic acids is 4. The molecule has 236 valence electrons. The van der Waals surface area contributed by atoms with E-state index in [1.165, 1.54) is 24.3 Å². The molecule has 4 aromatic rings. The third-order valence-corrected chi connectivity index (χ3v) is 10.7. The number of anilines is 1. The van der Waals surface area contributed by atoms with Gasteiger partial charge in [-0.05, 0) is 77.7 Å². The largest absolute Gasteiger partial charge is 0.507 e. The monoisotopic (exact) mass is 651 g/mol. The highest BCUT2D eigenvalue weighted by molar-refractivity contribution is 6.30. The number of allylic oxidation sites excluding steroid dienone is 2. The number of hydrogen-bond acceptors (Lipinski definition) is 7. The Morgan fingerprint density at radius 1 is 0.830 bits per heavy atom. The number of rotatable bonds is 4. The summed E-state index contributed by atoms with van der Waals surface area (Å²) in [5.74, 6) is -7.25. The number of imide groups is 2.